The van der Waals surface area contributed by atoms with Gasteiger partial charge in [-0.15, -0.1) is 0 Å². The Bertz CT molecular complexity index is 625. The van der Waals surface area contributed by atoms with Crippen molar-refractivity contribution in [1.82, 2.24) is 0 Å². The van der Waals surface area contributed by atoms with Gasteiger partial charge < -0.3 is 14.6 Å². The molecule has 2 aromatic carbocycles. The van der Waals surface area contributed by atoms with Crippen LogP contribution in [0.2, 0.25) is 0 Å². The first-order valence-electron chi connectivity index (χ1n) is 6.13. The zero-order chi connectivity index (χ0) is 14.7. The highest BCUT2D eigenvalue weighted by Gasteiger charge is 2.15. The second-order valence-corrected chi connectivity index (χ2v) is 4.37. The van der Waals surface area contributed by atoms with Crippen molar-refractivity contribution in [3.63, 3.8) is 0 Å². The van der Waals surface area contributed by atoms with Crippen LogP contribution < -0.4 is 9.47 Å². The lowest BCUT2D eigenvalue weighted by Gasteiger charge is -2.14. The lowest BCUT2D eigenvalue weighted by atomic mass is 9.98. The minimum Gasteiger partial charge on any atom is -0.496 e. The average molecular weight is 272 g/mol. The number of aromatic carboxylic acids is 1. The van der Waals surface area contributed by atoms with E-state index in [-0.39, 0.29) is 5.56 Å². The Morgan fingerprint density at radius 2 is 1.65 bits per heavy atom. The van der Waals surface area contributed by atoms with Crippen molar-refractivity contribution in [2.75, 3.05) is 14.2 Å². The average Bonchev–Trinajstić information content (AvgIpc) is 2.46. The molecule has 0 radical (unpaired) electrons. The van der Waals surface area contributed by atoms with Crippen LogP contribution in [-0.2, 0) is 0 Å². The molecule has 0 fully saturated rings. The summed E-state index contributed by atoms with van der Waals surface area (Å²) in [6.45, 7) is 1.77. The Labute approximate surface area is 117 Å². The molecular formula is C16H16O4. The highest BCUT2D eigenvalue weighted by molar-refractivity contribution is 5.92. The molecule has 0 unspecified atom stereocenters. The first-order valence-corrected chi connectivity index (χ1v) is 6.13. The van der Waals surface area contributed by atoms with Crippen LogP contribution in [0.15, 0.2) is 36.4 Å². The third-order valence-electron chi connectivity index (χ3n) is 3.18. The zero-order valence-corrected chi connectivity index (χ0v) is 11.6. The Balaban J connectivity index is 2.68. The lowest BCUT2D eigenvalue weighted by Crippen LogP contribution is -2.00. The Kier molecular flexibility index (Phi) is 3.94. The van der Waals surface area contributed by atoms with Gasteiger partial charge in [0.15, 0.2) is 0 Å². The Morgan fingerprint density at radius 3 is 2.15 bits per heavy atom. The maximum atomic E-state index is 11.3. The van der Waals surface area contributed by atoms with Crippen LogP contribution in [-0.4, -0.2) is 25.3 Å². The van der Waals surface area contributed by atoms with Crippen LogP contribution in [0.25, 0.3) is 11.1 Å². The number of aryl methyl sites for hydroxylation is 1. The molecule has 4 heteroatoms. The van der Waals surface area contributed by atoms with E-state index in [2.05, 4.69) is 0 Å². The van der Waals surface area contributed by atoms with Gasteiger partial charge >= 0.3 is 5.97 Å². The molecule has 1 N–H and O–H groups in total. The van der Waals surface area contributed by atoms with Crippen molar-refractivity contribution in [3.8, 4) is 22.6 Å². The van der Waals surface area contributed by atoms with E-state index in [0.29, 0.717) is 11.5 Å². The van der Waals surface area contributed by atoms with E-state index in [0.717, 1.165) is 16.7 Å². The van der Waals surface area contributed by atoms with Gasteiger partial charge in [-0.25, -0.2) is 4.79 Å². The van der Waals surface area contributed by atoms with Gasteiger partial charge in [-0.05, 0) is 36.2 Å². The van der Waals surface area contributed by atoms with Gasteiger partial charge in [-0.1, -0.05) is 18.2 Å². The summed E-state index contributed by atoms with van der Waals surface area (Å²) in [4.78, 5) is 11.3. The smallest absolute Gasteiger partial charge is 0.335 e. The predicted octanol–water partition coefficient (Wildman–Crippen LogP) is 3.38. The molecule has 0 aliphatic carbocycles. The monoisotopic (exact) mass is 272 g/mol. The van der Waals surface area contributed by atoms with Crippen molar-refractivity contribution < 1.29 is 19.4 Å². The normalized spacial score (nSPS) is 10.2. The summed E-state index contributed by atoms with van der Waals surface area (Å²) in [5, 5.41) is 9.23. The van der Waals surface area contributed by atoms with Crippen LogP contribution >= 0.6 is 0 Å². The molecule has 0 bridgehead atoms. The minimum absolute atomic E-state index is 0.274. The third-order valence-corrected chi connectivity index (χ3v) is 3.18. The number of carboxylic acids is 1. The van der Waals surface area contributed by atoms with Crippen LogP contribution in [0.3, 0.4) is 0 Å². The summed E-state index contributed by atoms with van der Waals surface area (Å²) in [6, 6.07) is 10.7. The molecule has 0 saturated heterocycles. The zero-order valence-electron chi connectivity index (χ0n) is 11.6. The topological polar surface area (TPSA) is 55.8 Å². The fourth-order valence-electron chi connectivity index (χ4n) is 2.14. The van der Waals surface area contributed by atoms with Crippen molar-refractivity contribution >= 4 is 5.97 Å². The van der Waals surface area contributed by atoms with Crippen molar-refractivity contribution in [2.24, 2.45) is 0 Å². The van der Waals surface area contributed by atoms with Crippen LogP contribution in [0.4, 0.5) is 0 Å². The molecule has 0 heterocycles. The highest BCUT2D eigenvalue weighted by Crippen LogP contribution is 2.38. The Morgan fingerprint density at radius 1 is 1.05 bits per heavy atom. The first kappa shape index (κ1) is 13.9. The summed E-state index contributed by atoms with van der Waals surface area (Å²) in [5.41, 5.74) is 2.49. The molecule has 0 aliphatic heterocycles. The standard InChI is InChI=1S/C16H16O4/c1-10-7-8-11(9-12(10)16(17)18)15-13(19-2)5-4-6-14(15)20-3/h4-9H,1-3H3,(H,17,18). The quantitative estimate of drug-likeness (QED) is 0.927. The number of carbonyl (C=O) groups is 1. The molecule has 4 nitrogen and oxygen atoms in total. The van der Waals surface area contributed by atoms with Crippen molar-refractivity contribution in [3.05, 3.63) is 47.5 Å². The number of ether oxygens (including phenoxy) is 2. The van der Waals surface area contributed by atoms with Crippen LogP contribution in [0.5, 0.6) is 11.5 Å². The molecular weight excluding hydrogens is 256 g/mol. The first-order chi connectivity index (χ1) is 9.58. The fourth-order valence-corrected chi connectivity index (χ4v) is 2.14. The third kappa shape index (κ3) is 2.45. The molecule has 0 saturated carbocycles. The summed E-state index contributed by atoms with van der Waals surface area (Å²) < 4.78 is 10.7. The van der Waals surface area contributed by atoms with Crippen molar-refractivity contribution in [1.29, 1.82) is 0 Å². The maximum absolute atomic E-state index is 11.3. The van der Waals surface area contributed by atoms with E-state index in [4.69, 9.17) is 9.47 Å². The SMILES string of the molecule is COc1cccc(OC)c1-c1ccc(C)c(C(=O)O)c1. The second kappa shape index (κ2) is 5.65. The summed E-state index contributed by atoms with van der Waals surface area (Å²) in [6.07, 6.45) is 0. The second-order valence-electron chi connectivity index (χ2n) is 4.37. The van der Waals surface area contributed by atoms with Gasteiger partial charge in [0.05, 0.1) is 25.3 Å². The van der Waals surface area contributed by atoms with Crippen LogP contribution in [0, 0.1) is 6.92 Å². The lowest BCUT2D eigenvalue weighted by molar-refractivity contribution is 0.0696. The van der Waals surface area contributed by atoms with E-state index in [9.17, 15) is 9.90 Å². The molecule has 0 spiro atoms. The number of hydrogen-bond acceptors (Lipinski definition) is 3. The molecule has 2 rings (SSSR count). The molecule has 20 heavy (non-hydrogen) atoms. The molecule has 2 aromatic rings. The Hall–Kier alpha value is -2.49. The van der Waals surface area contributed by atoms with Gasteiger partial charge in [0.2, 0.25) is 0 Å². The van der Waals surface area contributed by atoms with Gasteiger partial charge in [-0.3, -0.25) is 0 Å². The van der Waals surface area contributed by atoms with E-state index in [1.165, 1.54) is 0 Å². The summed E-state index contributed by atoms with van der Waals surface area (Å²) in [5.74, 6) is 0.340. The largest absolute Gasteiger partial charge is 0.496 e. The van der Waals surface area contributed by atoms with Gasteiger partial charge in [-0.2, -0.15) is 0 Å². The van der Waals surface area contributed by atoms with E-state index >= 15 is 0 Å². The van der Waals surface area contributed by atoms with Gasteiger partial charge in [0.25, 0.3) is 0 Å². The number of benzene rings is 2. The van der Waals surface area contributed by atoms with Gasteiger partial charge in [0.1, 0.15) is 11.5 Å². The molecule has 0 aromatic heterocycles. The summed E-state index contributed by atoms with van der Waals surface area (Å²) >= 11 is 0. The highest BCUT2D eigenvalue weighted by atomic mass is 16.5. The van der Waals surface area contributed by atoms with Gasteiger partial charge in [0, 0.05) is 0 Å². The molecule has 0 atom stereocenters. The molecule has 0 amide bonds. The maximum Gasteiger partial charge on any atom is 0.335 e. The van der Waals surface area contributed by atoms with E-state index in [1.54, 1.807) is 33.3 Å². The number of rotatable bonds is 4. The number of carboxylic acid groups (broad SMARTS) is 1. The van der Waals surface area contributed by atoms with E-state index in [1.807, 2.05) is 24.3 Å². The number of methoxy groups -OCH3 is 2. The molecule has 0 aliphatic rings. The van der Waals surface area contributed by atoms with E-state index < -0.39 is 5.97 Å². The molecule has 104 valence electrons. The minimum atomic E-state index is -0.946. The number of hydrogen-bond donors (Lipinski definition) is 1. The van der Waals surface area contributed by atoms with Crippen LogP contribution in [0.1, 0.15) is 15.9 Å². The summed E-state index contributed by atoms with van der Waals surface area (Å²) in [7, 11) is 3.15. The van der Waals surface area contributed by atoms with Crippen molar-refractivity contribution in [2.45, 2.75) is 6.92 Å². The predicted molar refractivity (Wildman–Crippen MR) is 76.7 cm³/mol. The fraction of sp³-hybridized carbons (Fsp3) is 0.188.